The van der Waals surface area contributed by atoms with E-state index in [2.05, 4.69) is 9.97 Å². The highest BCUT2D eigenvalue weighted by Gasteiger charge is 2.37. The summed E-state index contributed by atoms with van der Waals surface area (Å²) in [5.74, 6) is -0.969. The first kappa shape index (κ1) is 14.5. The normalized spacial score (nSPS) is 11.6. The molecule has 0 bridgehead atoms. The fourth-order valence-electron chi connectivity index (χ4n) is 1.59. The fourth-order valence-corrected chi connectivity index (χ4v) is 1.59. The molecule has 3 nitrogen and oxygen atoms in total. The molecule has 0 aliphatic carbocycles. The first-order valence-corrected chi connectivity index (χ1v) is 5.80. The van der Waals surface area contributed by atoms with Crippen molar-refractivity contribution in [1.82, 2.24) is 14.4 Å². The van der Waals surface area contributed by atoms with Gasteiger partial charge in [-0.25, -0.2) is 4.98 Å². The molecule has 0 fully saturated rings. The lowest BCUT2D eigenvalue weighted by Gasteiger charge is -2.03. The van der Waals surface area contributed by atoms with E-state index in [0.29, 0.717) is 11.2 Å². The van der Waals surface area contributed by atoms with Crippen LogP contribution in [0.25, 0.3) is 5.52 Å². The zero-order valence-electron chi connectivity index (χ0n) is 10.8. The predicted octanol–water partition coefficient (Wildman–Crippen LogP) is 3.90. The van der Waals surface area contributed by atoms with Crippen molar-refractivity contribution in [2.75, 3.05) is 0 Å². The van der Waals surface area contributed by atoms with Crippen LogP contribution in [-0.4, -0.2) is 14.4 Å². The van der Waals surface area contributed by atoms with Crippen LogP contribution < -0.4 is 0 Å². The van der Waals surface area contributed by atoms with E-state index in [1.165, 1.54) is 18.6 Å². The summed E-state index contributed by atoms with van der Waals surface area (Å²) in [7, 11) is 0. The van der Waals surface area contributed by atoms with E-state index in [1.54, 1.807) is 13.8 Å². The van der Waals surface area contributed by atoms with Gasteiger partial charge < -0.3 is 0 Å². The summed E-state index contributed by atoms with van der Waals surface area (Å²) in [4.78, 5) is 7.48. The quantitative estimate of drug-likeness (QED) is 0.777. The molecule has 0 aliphatic heterocycles. The molecule has 0 aromatic carbocycles. The van der Waals surface area contributed by atoms with E-state index >= 15 is 0 Å². The molecule has 0 radical (unpaired) electrons. The lowest BCUT2D eigenvalue weighted by Crippen LogP contribution is -2.10. The van der Waals surface area contributed by atoms with E-state index in [4.69, 9.17) is 0 Å². The largest absolute Gasteiger partial charge is 0.450 e. The molecule has 0 amide bonds. The van der Waals surface area contributed by atoms with Gasteiger partial charge in [-0.2, -0.15) is 13.2 Å². The van der Waals surface area contributed by atoms with E-state index in [9.17, 15) is 13.2 Å². The number of nitrogens with zero attached hydrogens (tertiary/aromatic N) is 3. The van der Waals surface area contributed by atoms with Gasteiger partial charge in [-0.3, -0.25) is 9.38 Å². The molecule has 0 saturated carbocycles. The monoisotopic (exact) mass is 259 g/mol. The van der Waals surface area contributed by atoms with Gasteiger partial charge in [0.05, 0.1) is 17.4 Å². The number of rotatable bonds is 1. The molecule has 0 N–H and O–H groups in total. The van der Waals surface area contributed by atoms with Gasteiger partial charge in [-0.15, -0.1) is 0 Å². The van der Waals surface area contributed by atoms with Crippen molar-refractivity contribution in [2.45, 2.75) is 39.8 Å². The van der Waals surface area contributed by atoms with Crippen LogP contribution in [0.5, 0.6) is 0 Å². The Morgan fingerprint density at radius 3 is 2.33 bits per heavy atom. The molecule has 0 spiro atoms. The highest BCUT2D eigenvalue weighted by atomic mass is 19.4. The Bertz CT molecular complexity index is 515. The number of hydrogen-bond acceptors (Lipinski definition) is 2. The molecule has 0 saturated heterocycles. The second-order valence-electron chi connectivity index (χ2n) is 3.80. The molecule has 2 aromatic heterocycles. The summed E-state index contributed by atoms with van der Waals surface area (Å²) in [5.41, 5.74) is 0.824. The molecule has 2 aromatic rings. The average molecular weight is 259 g/mol. The van der Waals surface area contributed by atoms with Gasteiger partial charge in [0.15, 0.2) is 0 Å². The third-order valence-corrected chi connectivity index (χ3v) is 2.28. The SMILES string of the molecule is CC.CC(C)c1nc(C(F)(F)F)n2ccncc12. The van der Waals surface area contributed by atoms with Gasteiger partial charge in [0, 0.05) is 12.4 Å². The Morgan fingerprint density at radius 1 is 1.22 bits per heavy atom. The van der Waals surface area contributed by atoms with Crippen molar-refractivity contribution in [2.24, 2.45) is 0 Å². The first-order chi connectivity index (χ1) is 8.41. The van der Waals surface area contributed by atoms with Crippen molar-refractivity contribution in [1.29, 1.82) is 0 Å². The summed E-state index contributed by atoms with van der Waals surface area (Å²) < 4.78 is 39.1. The van der Waals surface area contributed by atoms with Gasteiger partial charge in [0.25, 0.3) is 0 Å². The number of imidazole rings is 1. The second kappa shape index (κ2) is 5.37. The predicted molar refractivity (Wildman–Crippen MR) is 63.4 cm³/mol. The fraction of sp³-hybridized carbons (Fsp3) is 0.500. The molecular weight excluding hydrogens is 243 g/mol. The Morgan fingerprint density at radius 2 is 1.83 bits per heavy atom. The first-order valence-electron chi connectivity index (χ1n) is 5.80. The molecular formula is C12H16F3N3. The van der Waals surface area contributed by atoms with Crippen molar-refractivity contribution >= 4 is 5.52 Å². The van der Waals surface area contributed by atoms with Crippen LogP contribution in [0.4, 0.5) is 13.2 Å². The molecule has 18 heavy (non-hydrogen) atoms. The molecule has 0 atom stereocenters. The van der Waals surface area contributed by atoms with Gasteiger partial charge in [0.1, 0.15) is 0 Å². The smallest absolute Gasteiger partial charge is 0.293 e. The molecule has 0 unspecified atom stereocenters. The van der Waals surface area contributed by atoms with E-state index < -0.39 is 12.0 Å². The van der Waals surface area contributed by atoms with Crippen LogP contribution in [0, 0.1) is 0 Å². The van der Waals surface area contributed by atoms with E-state index in [-0.39, 0.29) is 5.92 Å². The number of fused-ring (bicyclic) bond motifs is 1. The highest BCUT2D eigenvalue weighted by Crippen LogP contribution is 2.31. The summed E-state index contributed by atoms with van der Waals surface area (Å²) in [6, 6.07) is 0. The molecule has 0 aliphatic rings. The van der Waals surface area contributed by atoms with Crippen LogP contribution >= 0.6 is 0 Å². The maximum Gasteiger partial charge on any atom is 0.450 e. The third kappa shape index (κ3) is 2.63. The van der Waals surface area contributed by atoms with Crippen LogP contribution in [0.2, 0.25) is 0 Å². The second-order valence-corrected chi connectivity index (χ2v) is 3.80. The van der Waals surface area contributed by atoms with E-state index in [0.717, 1.165) is 4.40 Å². The van der Waals surface area contributed by atoms with E-state index in [1.807, 2.05) is 13.8 Å². The summed E-state index contributed by atoms with van der Waals surface area (Å²) in [6.07, 6.45) is -0.458. The molecule has 2 rings (SSSR count). The maximum atomic E-state index is 12.7. The zero-order chi connectivity index (χ0) is 13.9. The van der Waals surface area contributed by atoms with Crippen molar-refractivity contribution in [3.63, 3.8) is 0 Å². The van der Waals surface area contributed by atoms with Crippen LogP contribution in [0.3, 0.4) is 0 Å². The van der Waals surface area contributed by atoms with Crippen LogP contribution in [0.15, 0.2) is 18.6 Å². The lowest BCUT2D eigenvalue weighted by molar-refractivity contribution is -0.145. The van der Waals surface area contributed by atoms with Crippen molar-refractivity contribution in [3.05, 3.63) is 30.1 Å². The van der Waals surface area contributed by atoms with Crippen LogP contribution in [-0.2, 0) is 6.18 Å². The minimum Gasteiger partial charge on any atom is -0.293 e. The Labute approximate surface area is 104 Å². The number of hydrogen-bond donors (Lipinski definition) is 0. The minimum absolute atomic E-state index is 0.0738. The van der Waals surface area contributed by atoms with Gasteiger partial charge in [0.2, 0.25) is 5.82 Å². The summed E-state index contributed by atoms with van der Waals surface area (Å²) in [6.45, 7) is 7.60. The molecule has 100 valence electrons. The Kier molecular flexibility index (Phi) is 4.32. The molecule has 6 heteroatoms. The standard InChI is InChI=1S/C10H10F3N3.C2H6/c1-6(2)8-7-5-14-3-4-16(7)9(15-8)10(11,12)13;1-2/h3-6H,1-2H3;1-2H3. The van der Waals surface area contributed by atoms with Crippen molar-refractivity contribution < 1.29 is 13.2 Å². The lowest BCUT2D eigenvalue weighted by atomic mass is 10.1. The Balaban J connectivity index is 0.000000771. The molecule has 2 heterocycles. The van der Waals surface area contributed by atoms with Crippen LogP contribution in [0.1, 0.15) is 45.1 Å². The number of aromatic nitrogens is 3. The maximum absolute atomic E-state index is 12.7. The topological polar surface area (TPSA) is 30.2 Å². The highest BCUT2D eigenvalue weighted by molar-refractivity contribution is 5.52. The average Bonchev–Trinajstić information content (AvgIpc) is 2.70. The van der Waals surface area contributed by atoms with Crippen molar-refractivity contribution in [3.8, 4) is 0 Å². The number of alkyl halides is 3. The van der Waals surface area contributed by atoms with Gasteiger partial charge in [-0.1, -0.05) is 27.7 Å². The zero-order valence-corrected chi connectivity index (χ0v) is 10.8. The summed E-state index contributed by atoms with van der Waals surface area (Å²) in [5, 5.41) is 0. The van der Waals surface area contributed by atoms with Gasteiger partial charge >= 0.3 is 6.18 Å². The Hall–Kier alpha value is -1.59. The van der Waals surface area contributed by atoms with Gasteiger partial charge in [-0.05, 0) is 5.92 Å². The summed E-state index contributed by atoms with van der Waals surface area (Å²) >= 11 is 0. The minimum atomic E-state index is -4.45. The third-order valence-electron chi connectivity index (χ3n) is 2.28. The number of halogens is 3.